The number of para-hydroxylation sites is 1. The van der Waals surface area contributed by atoms with Crippen molar-refractivity contribution in [2.24, 2.45) is 5.73 Å². The Kier molecular flexibility index (Phi) is 3.93. The van der Waals surface area contributed by atoms with Crippen LogP contribution in [0.3, 0.4) is 0 Å². The number of ether oxygens (including phenoxy) is 1. The van der Waals surface area contributed by atoms with Crippen LogP contribution in [-0.4, -0.2) is 6.61 Å². The van der Waals surface area contributed by atoms with Crippen molar-refractivity contribution < 1.29 is 9.13 Å². The molecule has 0 spiro atoms. The predicted molar refractivity (Wildman–Crippen MR) is 82.0 cm³/mol. The molecule has 0 saturated carbocycles. The molecule has 0 radical (unpaired) electrons. The third-order valence-electron chi connectivity index (χ3n) is 4.25. The van der Waals surface area contributed by atoms with Gasteiger partial charge in [0, 0.05) is 6.04 Å². The summed E-state index contributed by atoms with van der Waals surface area (Å²) in [5, 5.41) is 0. The summed E-state index contributed by atoms with van der Waals surface area (Å²) < 4.78 is 19.4. The van der Waals surface area contributed by atoms with E-state index in [0.717, 1.165) is 30.8 Å². The normalized spacial score (nSPS) is 18.7. The lowest BCUT2D eigenvalue weighted by Crippen LogP contribution is -2.20. The molecule has 0 saturated heterocycles. The molecule has 3 rings (SSSR count). The average molecular weight is 285 g/mol. The molecule has 2 atom stereocenters. The Bertz CT molecular complexity index is 641. The molecule has 0 aliphatic carbocycles. The minimum Gasteiger partial charge on any atom is -0.493 e. The number of hydrogen-bond donors (Lipinski definition) is 1. The van der Waals surface area contributed by atoms with Gasteiger partial charge < -0.3 is 10.5 Å². The third kappa shape index (κ3) is 2.93. The molecule has 0 bridgehead atoms. The lowest BCUT2D eigenvalue weighted by molar-refractivity contribution is 0.259. The molecule has 1 heterocycles. The molecule has 1 aliphatic rings. The predicted octanol–water partition coefficient (Wildman–Crippen LogP) is 4.09. The van der Waals surface area contributed by atoms with E-state index in [9.17, 15) is 4.39 Å². The van der Waals surface area contributed by atoms with Crippen LogP contribution in [0.1, 0.15) is 41.5 Å². The molecular weight excluding hydrogens is 265 g/mol. The monoisotopic (exact) mass is 285 g/mol. The van der Waals surface area contributed by atoms with Gasteiger partial charge in [-0.05, 0) is 54.5 Å². The van der Waals surface area contributed by atoms with Crippen molar-refractivity contribution in [3.05, 3.63) is 65.0 Å². The van der Waals surface area contributed by atoms with E-state index in [2.05, 4.69) is 6.07 Å². The maximum atomic E-state index is 13.7. The average Bonchev–Trinajstić information content (AvgIpc) is 2.50. The number of halogens is 1. The van der Waals surface area contributed by atoms with E-state index in [4.69, 9.17) is 10.5 Å². The lowest BCUT2D eigenvalue weighted by atomic mass is 9.86. The molecule has 1 aliphatic heterocycles. The highest BCUT2D eigenvalue weighted by Gasteiger charge is 2.23. The highest BCUT2D eigenvalue weighted by molar-refractivity contribution is 5.38. The zero-order valence-corrected chi connectivity index (χ0v) is 12.2. The van der Waals surface area contributed by atoms with Crippen molar-refractivity contribution in [1.82, 2.24) is 0 Å². The Hall–Kier alpha value is -1.87. The van der Waals surface area contributed by atoms with Gasteiger partial charge in [0.2, 0.25) is 0 Å². The Morgan fingerprint density at radius 3 is 2.90 bits per heavy atom. The van der Waals surface area contributed by atoms with Gasteiger partial charge in [0.25, 0.3) is 0 Å². The van der Waals surface area contributed by atoms with E-state index in [1.54, 1.807) is 19.1 Å². The van der Waals surface area contributed by atoms with E-state index in [1.165, 1.54) is 5.56 Å². The van der Waals surface area contributed by atoms with Crippen molar-refractivity contribution in [3.8, 4) is 5.75 Å². The summed E-state index contributed by atoms with van der Waals surface area (Å²) in [7, 11) is 0. The first-order valence-electron chi connectivity index (χ1n) is 7.38. The summed E-state index contributed by atoms with van der Waals surface area (Å²) in [6.45, 7) is 2.48. The molecule has 2 aromatic rings. The van der Waals surface area contributed by atoms with Gasteiger partial charge in [-0.3, -0.25) is 0 Å². The van der Waals surface area contributed by atoms with Crippen LogP contribution in [-0.2, 0) is 0 Å². The third-order valence-corrected chi connectivity index (χ3v) is 4.25. The van der Waals surface area contributed by atoms with Crippen LogP contribution in [0.4, 0.5) is 4.39 Å². The fourth-order valence-electron chi connectivity index (χ4n) is 2.94. The SMILES string of the molecule is Cc1ccc(C(N)CC2CCOc3ccccc32)cc1F. The summed E-state index contributed by atoms with van der Waals surface area (Å²) in [4.78, 5) is 0. The van der Waals surface area contributed by atoms with Crippen LogP contribution in [0.5, 0.6) is 5.75 Å². The number of aryl methyl sites for hydroxylation is 1. The Labute approximate surface area is 124 Å². The molecule has 2 N–H and O–H groups in total. The first-order valence-corrected chi connectivity index (χ1v) is 7.38. The van der Waals surface area contributed by atoms with Gasteiger partial charge in [0.1, 0.15) is 11.6 Å². The highest BCUT2D eigenvalue weighted by Crippen LogP contribution is 2.38. The standard InChI is InChI=1S/C18H20FNO/c1-12-6-7-14(10-16(12)19)17(20)11-13-8-9-21-18-5-3-2-4-15(13)18/h2-7,10,13,17H,8-9,11,20H2,1H3. The van der Waals surface area contributed by atoms with Gasteiger partial charge in [-0.15, -0.1) is 0 Å². The van der Waals surface area contributed by atoms with Crippen molar-refractivity contribution >= 4 is 0 Å². The number of hydrogen-bond acceptors (Lipinski definition) is 2. The largest absolute Gasteiger partial charge is 0.493 e. The fourth-order valence-corrected chi connectivity index (χ4v) is 2.94. The first kappa shape index (κ1) is 14.1. The van der Waals surface area contributed by atoms with Gasteiger partial charge >= 0.3 is 0 Å². The number of benzene rings is 2. The minimum atomic E-state index is -0.185. The van der Waals surface area contributed by atoms with Crippen LogP contribution in [0.2, 0.25) is 0 Å². The molecule has 0 aromatic heterocycles. The molecule has 0 amide bonds. The van der Waals surface area contributed by atoms with Crippen LogP contribution in [0, 0.1) is 12.7 Å². The second-order valence-corrected chi connectivity index (χ2v) is 5.72. The summed E-state index contributed by atoms with van der Waals surface area (Å²) in [6.07, 6.45) is 1.77. The molecule has 2 nitrogen and oxygen atoms in total. The van der Waals surface area contributed by atoms with Crippen LogP contribution in [0.25, 0.3) is 0 Å². The number of fused-ring (bicyclic) bond motifs is 1. The zero-order chi connectivity index (χ0) is 14.8. The zero-order valence-electron chi connectivity index (χ0n) is 12.2. The Balaban J connectivity index is 1.79. The van der Waals surface area contributed by atoms with Gasteiger partial charge in [0.15, 0.2) is 0 Å². The van der Waals surface area contributed by atoms with Crippen molar-refractivity contribution in [2.45, 2.75) is 31.7 Å². The molecule has 2 aromatic carbocycles. The molecule has 21 heavy (non-hydrogen) atoms. The minimum absolute atomic E-state index is 0.156. The molecule has 0 fully saturated rings. The summed E-state index contributed by atoms with van der Waals surface area (Å²) >= 11 is 0. The van der Waals surface area contributed by atoms with Crippen molar-refractivity contribution in [2.75, 3.05) is 6.61 Å². The number of rotatable bonds is 3. The topological polar surface area (TPSA) is 35.2 Å². The first-order chi connectivity index (χ1) is 10.1. The van der Waals surface area contributed by atoms with E-state index in [0.29, 0.717) is 11.5 Å². The Morgan fingerprint density at radius 2 is 2.10 bits per heavy atom. The summed E-state index contributed by atoms with van der Waals surface area (Å²) in [6, 6.07) is 13.2. The van der Waals surface area contributed by atoms with E-state index in [1.807, 2.05) is 24.3 Å². The summed E-state index contributed by atoms with van der Waals surface area (Å²) in [5.74, 6) is 1.14. The lowest BCUT2D eigenvalue weighted by Gasteiger charge is -2.28. The van der Waals surface area contributed by atoms with Gasteiger partial charge in [0.05, 0.1) is 6.61 Å². The van der Waals surface area contributed by atoms with Crippen LogP contribution in [0.15, 0.2) is 42.5 Å². The van der Waals surface area contributed by atoms with E-state index < -0.39 is 0 Å². The van der Waals surface area contributed by atoms with Crippen molar-refractivity contribution in [3.63, 3.8) is 0 Å². The van der Waals surface area contributed by atoms with E-state index >= 15 is 0 Å². The maximum Gasteiger partial charge on any atom is 0.126 e. The maximum absolute atomic E-state index is 13.7. The molecule has 2 unspecified atom stereocenters. The van der Waals surface area contributed by atoms with Gasteiger partial charge in [-0.2, -0.15) is 0 Å². The smallest absolute Gasteiger partial charge is 0.126 e. The van der Waals surface area contributed by atoms with Gasteiger partial charge in [-0.25, -0.2) is 4.39 Å². The second kappa shape index (κ2) is 5.86. The molecular formula is C18H20FNO. The Morgan fingerprint density at radius 1 is 1.29 bits per heavy atom. The highest BCUT2D eigenvalue weighted by atomic mass is 19.1. The second-order valence-electron chi connectivity index (χ2n) is 5.72. The quantitative estimate of drug-likeness (QED) is 0.922. The van der Waals surface area contributed by atoms with E-state index in [-0.39, 0.29) is 11.9 Å². The van der Waals surface area contributed by atoms with Crippen molar-refractivity contribution in [1.29, 1.82) is 0 Å². The van der Waals surface area contributed by atoms with Crippen LogP contribution >= 0.6 is 0 Å². The van der Waals surface area contributed by atoms with Gasteiger partial charge in [-0.1, -0.05) is 30.3 Å². The fraction of sp³-hybridized carbons (Fsp3) is 0.333. The molecule has 3 heteroatoms. The summed E-state index contributed by atoms with van der Waals surface area (Å²) in [5.41, 5.74) is 9.03. The number of nitrogens with two attached hydrogens (primary N) is 1. The molecule has 110 valence electrons. The van der Waals surface area contributed by atoms with Crippen LogP contribution < -0.4 is 10.5 Å².